The molecule has 0 spiro atoms. The third-order valence-corrected chi connectivity index (χ3v) is 3.01. The first kappa shape index (κ1) is 16.9. The molecule has 0 heterocycles. The fourth-order valence-corrected chi connectivity index (χ4v) is 1.88. The third kappa shape index (κ3) is 6.03. The highest BCUT2D eigenvalue weighted by Gasteiger charge is 2.24. The normalized spacial score (nSPS) is 11.2. The maximum absolute atomic E-state index is 11.9. The molecule has 0 N–H and O–H groups in total. The second-order valence-corrected chi connectivity index (χ2v) is 5.76. The van der Waals surface area contributed by atoms with E-state index in [1.165, 1.54) is 0 Å². The van der Waals surface area contributed by atoms with Crippen molar-refractivity contribution in [1.82, 2.24) is 9.80 Å². The molecule has 0 unspecified atom stereocenters. The molecule has 0 rings (SSSR count). The molecule has 0 saturated heterocycles. The zero-order chi connectivity index (χ0) is 14.3. The Bertz CT molecular complexity index is 282. The van der Waals surface area contributed by atoms with Crippen molar-refractivity contribution in [2.75, 3.05) is 20.1 Å². The van der Waals surface area contributed by atoms with Gasteiger partial charge in [0.15, 0.2) is 0 Å². The first-order chi connectivity index (χ1) is 8.20. The molecule has 0 aromatic heterocycles. The number of unbranched alkanes of at least 4 members (excludes halogenated alkanes) is 1. The van der Waals surface area contributed by atoms with Crippen molar-refractivity contribution in [2.45, 2.75) is 59.4 Å². The number of carbonyl (C=O) groups excluding carboxylic acids is 2. The summed E-state index contributed by atoms with van der Waals surface area (Å²) >= 11 is 0. The van der Waals surface area contributed by atoms with Crippen molar-refractivity contribution in [3.05, 3.63) is 0 Å². The summed E-state index contributed by atoms with van der Waals surface area (Å²) in [7, 11) is 1.83. The predicted octanol–water partition coefficient (Wildman–Crippen LogP) is 2.28. The first-order valence-electron chi connectivity index (χ1n) is 6.72. The van der Waals surface area contributed by atoms with Crippen LogP contribution >= 0.6 is 0 Å². The molecule has 2 amide bonds. The molecule has 0 aliphatic heterocycles. The van der Waals surface area contributed by atoms with E-state index in [0.717, 1.165) is 19.4 Å². The fraction of sp³-hybridized carbons (Fsp3) is 0.857. The lowest BCUT2D eigenvalue weighted by atomic mass is 10.1. The third-order valence-electron chi connectivity index (χ3n) is 3.01. The molecule has 0 aliphatic carbocycles. The van der Waals surface area contributed by atoms with Gasteiger partial charge >= 0.3 is 0 Å². The number of hydrogen-bond donors (Lipinski definition) is 0. The highest BCUT2D eigenvalue weighted by molar-refractivity contribution is 5.78. The SMILES string of the molecule is CCCCN(C)C(=O)CCN(C(C)=O)C(C)(C)C. The van der Waals surface area contributed by atoms with Crippen LogP contribution in [0, 0.1) is 0 Å². The molecule has 4 nitrogen and oxygen atoms in total. The van der Waals surface area contributed by atoms with Crippen molar-refractivity contribution < 1.29 is 9.59 Å². The van der Waals surface area contributed by atoms with E-state index in [1.807, 2.05) is 27.8 Å². The van der Waals surface area contributed by atoms with Crippen LogP contribution in [0.4, 0.5) is 0 Å². The van der Waals surface area contributed by atoms with Crippen molar-refractivity contribution in [2.24, 2.45) is 0 Å². The van der Waals surface area contributed by atoms with E-state index in [0.29, 0.717) is 13.0 Å². The van der Waals surface area contributed by atoms with Crippen LogP contribution in [0.15, 0.2) is 0 Å². The lowest BCUT2D eigenvalue weighted by Crippen LogP contribution is -2.46. The fourth-order valence-electron chi connectivity index (χ4n) is 1.88. The molecule has 4 heteroatoms. The van der Waals surface area contributed by atoms with Crippen LogP contribution in [0.2, 0.25) is 0 Å². The van der Waals surface area contributed by atoms with Gasteiger partial charge in [-0.15, -0.1) is 0 Å². The topological polar surface area (TPSA) is 40.6 Å². The predicted molar refractivity (Wildman–Crippen MR) is 74.3 cm³/mol. The van der Waals surface area contributed by atoms with Crippen LogP contribution in [0.25, 0.3) is 0 Å². The molecule has 0 aliphatic rings. The molecule has 18 heavy (non-hydrogen) atoms. The maximum Gasteiger partial charge on any atom is 0.224 e. The van der Waals surface area contributed by atoms with E-state index in [9.17, 15) is 9.59 Å². The summed E-state index contributed by atoms with van der Waals surface area (Å²) in [5.41, 5.74) is -0.228. The summed E-state index contributed by atoms with van der Waals surface area (Å²) in [6.45, 7) is 10.9. The minimum Gasteiger partial charge on any atom is -0.346 e. The molecule has 0 aromatic rings. The smallest absolute Gasteiger partial charge is 0.224 e. The Morgan fingerprint density at radius 3 is 2.06 bits per heavy atom. The lowest BCUT2D eigenvalue weighted by Gasteiger charge is -2.35. The van der Waals surface area contributed by atoms with Crippen LogP contribution in [-0.2, 0) is 9.59 Å². The molecular formula is C14H28N2O2. The van der Waals surface area contributed by atoms with Gasteiger partial charge in [0.25, 0.3) is 0 Å². The van der Waals surface area contributed by atoms with Gasteiger partial charge in [0, 0.05) is 39.0 Å². The highest BCUT2D eigenvalue weighted by atomic mass is 16.2. The quantitative estimate of drug-likeness (QED) is 0.731. The van der Waals surface area contributed by atoms with E-state index < -0.39 is 0 Å². The Hall–Kier alpha value is -1.06. The van der Waals surface area contributed by atoms with Crippen LogP contribution in [-0.4, -0.2) is 47.3 Å². The van der Waals surface area contributed by atoms with E-state index in [2.05, 4.69) is 6.92 Å². The Kier molecular flexibility index (Phi) is 6.96. The molecule has 0 aromatic carbocycles. The number of rotatable bonds is 6. The zero-order valence-electron chi connectivity index (χ0n) is 12.7. The minimum atomic E-state index is -0.228. The maximum atomic E-state index is 11.9. The van der Waals surface area contributed by atoms with Gasteiger partial charge in [0.1, 0.15) is 0 Å². The molecule has 0 atom stereocenters. The molecule has 0 fully saturated rings. The molecule has 0 bridgehead atoms. The number of amides is 2. The van der Waals surface area contributed by atoms with Gasteiger partial charge in [-0.1, -0.05) is 13.3 Å². The highest BCUT2D eigenvalue weighted by Crippen LogP contribution is 2.14. The number of carbonyl (C=O) groups is 2. The van der Waals surface area contributed by atoms with Gasteiger partial charge in [-0.25, -0.2) is 0 Å². The summed E-state index contributed by atoms with van der Waals surface area (Å²) in [6.07, 6.45) is 2.51. The number of nitrogens with zero attached hydrogens (tertiary/aromatic N) is 2. The Morgan fingerprint density at radius 1 is 1.11 bits per heavy atom. The Morgan fingerprint density at radius 2 is 1.67 bits per heavy atom. The zero-order valence-corrected chi connectivity index (χ0v) is 12.7. The van der Waals surface area contributed by atoms with Gasteiger partial charge in [-0.2, -0.15) is 0 Å². The molecule has 106 valence electrons. The number of hydrogen-bond acceptors (Lipinski definition) is 2. The van der Waals surface area contributed by atoms with Crippen molar-refractivity contribution in [3.63, 3.8) is 0 Å². The van der Waals surface area contributed by atoms with Gasteiger partial charge in [-0.05, 0) is 27.2 Å². The van der Waals surface area contributed by atoms with Gasteiger partial charge in [0.05, 0.1) is 0 Å². The van der Waals surface area contributed by atoms with Gasteiger partial charge < -0.3 is 9.80 Å². The average Bonchev–Trinajstić information content (AvgIpc) is 2.23. The second kappa shape index (κ2) is 7.39. The van der Waals surface area contributed by atoms with Gasteiger partial charge in [0.2, 0.25) is 11.8 Å². The summed E-state index contributed by atoms with van der Waals surface area (Å²) in [5.74, 6) is 0.130. The minimum absolute atomic E-state index is 0.0199. The van der Waals surface area contributed by atoms with E-state index >= 15 is 0 Å². The van der Waals surface area contributed by atoms with E-state index in [1.54, 1.807) is 16.7 Å². The van der Waals surface area contributed by atoms with E-state index in [-0.39, 0.29) is 17.4 Å². The average molecular weight is 256 g/mol. The van der Waals surface area contributed by atoms with Crippen LogP contribution in [0.5, 0.6) is 0 Å². The van der Waals surface area contributed by atoms with Crippen LogP contribution in [0.1, 0.15) is 53.9 Å². The summed E-state index contributed by atoms with van der Waals surface area (Å²) in [4.78, 5) is 26.9. The summed E-state index contributed by atoms with van der Waals surface area (Å²) < 4.78 is 0. The standard InChI is InChI=1S/C14H28N2O2/c1-7-8-10-15(6)13(18)9-11-16(12(2)17)14(3,4)5/h7-11H2,1-6H3. The van der Waals surface area contributed by atoms with Crippen LogP contribution in [0.3, 0.4) is 0 Å². The van der Waals surface area contributed by atoms with Gasteiger partial charge in [-0.3, -0.25) is 9.59 Å². The van der Waals surface area contributed by atoms with Crippen molar-refractivity contribution in [1.29, 1.82) is 0 Å². The Balaban J connectivity index is 4.28. The summed E-state index contributed by atoms with van der Waals surface area (Å²) in [5, 5.41) is 0. The largest absolute Gasteiger partial charge is 0.346 e. The lowest BCUT2D eigenvalue weighted by molar-refractivity contribution is -0.135. The first-order valence-corrected chi connectivity index (χ1v) is 6.72. The monoisotopic (exact) mass is 256 g/mol. The van der Waals surface area contributed by atoms with Crippen molar-refractivity contribution >= 4 is 11.8 Å². The second-order valence-electron chi connectivity index (χ2n) is 5.76. The molecular weight excluding hydrogens is 228 g/mol. The molecule has 0 radical (unpaired) electrons. The van der Waals surface area contributed by atoms with Crippen LogP contribution < -0.4 is 0 Å². The van der Waals surface area contributed by atoms with Crippen molar-refractivity contribution in [3.8, 4) is 0 Å². The Labute approximate surface area is 111 Å². The summed E-state index contributed by atoms with van der Waals surface area (Å²) in [6, 6.07) is 0. The molecule has 0 saturated carbocycles. The van der Waals surface area contributed by atoms with E-state index in [4.69, 9.17) is 0 Å².